The first-order valence-electron chi connectivity index (χ1n) is 6.39. The van der Waals surface area contributed by atoms with Gasteiger partial charge in [-0.05, 0) is 36.4 Å². The summed E-state index contributed by atoms with van der Waals surface area (Å²) in [5.41, 5.74) is 0.962. The molecule has 1 N–H and O–H groups in total. The summed E-state index contributed by atoms with van der Waals surface area (Å²) in [5, 5.41) is 3.88. The van der Waals surface area contributed by atoms with Crippen LogP contribution in [0.5, 0.6) is 11.5 Å². The van der Waals surface area contributed by atoms with Gasteiger partial charge in [-0.15, -0.1) is 0 Å². The van der Waals surface area contributed by atoms with Crippen molar-refractivity contribution in [3.05, 3.63) is 46.9 Å². The lowest BCUT2D eigenvalue weighted by Crippen LogP contribution is -2.21. The zero-order valence-corrected chi connectivity index (χ0v) is 12.5. The number of hydrogen-bond donors (Lipinski definition) is 1. The highest BCUT2D eigenvalue weighted by molar-refractivity contribution is 6.32. The van der Waals surface area contributed by atoms with E-state index in [4.69, 9.17) is 25.5 Å². The molecule has 0 aliphatic rings. The maximum Gasteiger partial charge on any atom is 0.179 e. The molecule has 20 heavy (non-hydrogen) atoms. The average Bonchev–Trinajstić information content (AvgIpc) is 2.97. The Morgan fingerprint density at radius 3 is 2.65 bits per heavy atom. The summed E-state index contributed by atoms with van der Waals surface area (Å²) >= 11 is 6.26. The summed E-state index contributed by atoms with van der Waals surface area (Å²) in [7, 11) is 3.16. The third-order valence-electron chi connectivity index (χ3n) is 3.03. The van der Waals surface area contributed by atoms with Crippen LogP contribution in [-0.2, 0) is 0 Å². The highest BCUT2D eigenvalue weighted by Crippen LogP contribution is 2.38. The average molecular weight is 296 g/mol. The predicted octanol–water partition coefficient (Wildman–Crippen LogP) is 3.65. The molecule has 0 bridgehead atoms. The Morgan fingerprint density at radius 1 is 1.30 bits per heavy atom. The van der Waals surface area contributed by atoms with Gasteiger partial charge in [-0.3, -0.25) is 0 Å². The molecule has 1 atom stereocenters. The van der Waals surface area contributed by atoms with E-state index in [0.29, 0.717) is 16.5 Å². The van der Waals surface area contributed by atoms with Crippen molar-refractivity contribution in [2.45, 2.75) is 13.0 Å². The molecule has 108 valence electrons. The van der Waals surface area contributed by atoms with Gasteiger partial charge in [0.05, 0.1) is 31.5 Å². The molecular weight excluding hydrogens is 278 g/mol. The van der Waals surface area contributed by atoms with Gasteiger partial charge in [0.2, 0.25) is 0 Å². The Balaban J connectivity index is 2.46. The quantitative estimate of drug-likeness (QED) is 0.883. The highest BCUT2D eigenvalue weighted by Gasteiger charge is 2.20. The second kappa shape index (κ2) is 6.68. The van der Waals surface area contributed by atoms with Crippen LogP contribution in [0.4, 0.5) is 0 Å². The molecule has 0 aliphatic carbocycles. The zero-order valence-electron chi connectivity index (χ0n) is 11.8. The van der Waals surface area contributed by atoms with Crippen LogP contribution in [-0.4, -0.2) is 20.8 Å². The van der Waals surface area contributed by atoms with E-state index < -0.39 is 0 Å². The van der Waals surface area contributed by atoms with Crippen molar-refractivity contribution >= 4 is 11.6 Å². The number of furan rings is 1. The van der Waals surface area contributed by atoms with Gasteiger partial charge in [-0.2, -0.15) is 0 Å². The van der Waals surface area contributed by atoms with Gasteiger partial charge < -0.3 is 19.2 Å². The largest absolute Gasteiger partial charge is 0.493 e. The number of halogens is 1. The van der Waals surface area contributed by atoms with Crippen LogP contribution in [0.25, 0.3) is 0 Å². The second-order valence-electron chi connectivity index (χ2n) is 4.24. The third-order valence-corrected chi connectivity index (χ3v) is 3.31. The molecule has 0 amide bonds. The van der Waals surface area contributed by atoms with Crippen molar-refractivity contribution in [3.8, 4) is 11.5 Å². The summed E-state index contributed by atoms with van der Waals surface area (Å²) in [5.74, 6) is 1.97. The third kappa shape index (κ3) is 2.92. The molecule has 4 nitrogen and oxygen atoms in total. The molecule has 1 aromatic carbocycles. The molecule has 0 saturated heterocycles. The SMILES string of the molecule is CCNC(c1cc(Cl)c(OC)c(OC)c1)c1ccco1. The van der Waals surface area contributed by atoms with E-state index in [2.05, 4.69) is 5.32 Å². The summed E-state index contributed by atoms with van der Waals surface area (Å²) in [6.07, 6.45) is 1.65. The molecule has 0 radical (unpaired) electrons. The van der Waals surface area contributed by atoms with E-state index in [1.165, 1.54) is 0 Å². The Labute approximate surface area is 123 Å². The first kappa shape index (κ1) is 14.8. The van der Waals surface area contributed by atoms with Gasteiger partial charge in [0.15, 0.2) is 11.5 Å². The monoisotopic (exact) mass is 295 g/mol. The van der Waals surface area contributed by atoms with E-state index in [1.807, 2.05) is 31.2 Å². The molecule has 1 unspecified atom stereocenters. The van der Waals surface area contributed by atoms with E-state index in [-0.39, 0.29) is 6.04 Å². The Hall–Kier alpha value is -1.65. The second-order valence-corrected chi connectivity index (χ2v) is 4.65. The van der Waals surface area contributed by atoms with Crippen molar-refractivity contribution < 1.29 is 13.9 Å². The maximum absolute atomic E-state index is 6.26. The normalized spacial score (nSPS) is 12.2. The number of nitrogens with one attached hydrogen (secondary N) is 1. The van der Waals surface area contributed by atoms with Gasteiger partial charge in [0.1, 0.15) is 5.76 Å². The summed E-state index contributed by atoms with van der Waals surface area (Å²) < 4.78 is 16.1. The topological polar surface area (TPSA) is 43.6 Å². The number of ether oxygens (including phenoxy) is 2. The Kier molecular flexibility index (Phi) is 4.93. The minimum Gasteiger partial charge on any atom is -0.493 e. The minimum atomic E-state index is -0.0766. The number of hydrogen-bond acceptors (Lipinski definition) is 4. The molecule has 1 heterocycles. The van der Waals surface area contributed by atoms with Gasteiger partial charge in [0.25, 0.3) is 0 Å². The molecule has 5 heteroatoms. The van der Waals surface area contributed by atoms with Crippen LogP contribution in [0, 0.1) is 0 Å². The van der Waals surface area contributed by atoms with Crippen molar-refractivity contribution in [1.29, 1.82) is 0 Å². The zero-order chi connectivity index (χ0) is 14.5. The molecule has 0 fully saturated rings. The molecular formula is C15H18ClNO3. The van der Waals surface area contributed by atoms with Crippen LogP contribution >= 0.6 is 11.6 Å². The summed E-state index contributed by atoms with van der Waals surface area (Å²) in [6, 6.07) is 7.48. The molecule has 0 spiro atoms. The van der Waals surface area contributed by atoms with Crippen LogP contribution in [0.1, 0.15) is 24.3 Å². The fourth-order valence-corrected chi connectivity index (χ4v) is 2.44. The highest BCUT2D eigenvalue weighted by atomic mass is 35.5. The molecule has 2 aromatic rings. The first-order chi connectivity index (χ1) is 9.71. The van der Waals surface area contributed by atoms with E-state index in [1.54, 1.807) is 20.5 Å². The van der Waals surface area contributed by atoms with E-state index in [9.17, 15) is 0 Å². The Morgan fingerprint density at radius 2 is 2.10 bits per heavy atom. The van der Waals surface area contributed by atoms with Crippen molar-refractivity contribution in [1.82, 2.24) is 5.32 Å². The van der Waals surface area contributed by atoms with Gasteiger partial charge >= 0.3 is 0 Å². The van der Waals surface area contributed by atoms with Gasteiger partial charge in [0, 0.05) is 0 Å². The summed E-state index contributed by atoms with van der Waals surface area (Å²) in [4.78, 5) is 0. The van der Waals surface area contributed by atoms with Crippen molar-refractivity contribution in [3.63, 3.8) is 0 Å². The summed E-state index contributed by atoms with van der Waals surface area (Å²) in [6.45, 7) is 2.84. The van der Waals surface area contributed by atoms with E-state index >= 15 is 0 Å². The first-order valence-corrected chi connectivity index (χ1v) is 6.77. The number of rotatable bonds is 6. The van der Waals surface area contributed by atoms with Gasteiger partial charge in [-0.1, -0.05) is 18.5 Å². The van der Waals surface area contributed by atoms with E-state index in [0.717, 1.165) is 17.9 Å². The van der Waals surface area contributed by atoms with Crippen LogP contribution in [0.3, 0.4) is 0 Å². The molecule has 0 saturated carbocycles. The van der Waals surface area contributed by atoms with Crippen LogP contribution < -0.4 is 14.8 Å². The maximum atomic E-state index is 6.26. The fraction of sp³-hybridized carbons (Fsp3) is 0.333. The molecule has 0 aliphatic heterocycles. The lowest BCUT2D eigenvalue weighted by molar-refractivity contribution is 0.354. The van der Waals surface area contributed by atoms with Crippen LogP contribution in [0.2, 0.25) is 5.02 Å². The standard InChI is InChI=1S/C15H18ClNO3/c1-4-17-14(12-6-5-7-20-12)10-8-11(16)15(19-3)13(9-10)18-2/h5-9,14,17H,4H2,1-3H3. The smallest absolute Gasteiger partial charge is 0.179 e. The van der Waals surface area contributed by atoms with Crippen molar-refractivity contribution in [2.75, 3.05) is 20.8 Å². The Bertz CT molecular complexity index is 554. The lowest BCUT2D eigenvalue weighted by Gasteiger charge is -2.18. The molecule has 2 rings (SSSR count). The molecule has 1 aromatic heterocycles. The predicted molar refractivity (Wildman–Crippen MR) is 78.8 cm³/mol. The number of benzene rings is 1. The fourth-order valence-electron chi connectivity index (χ4n) is 2.15. The lowest BCUT2D eigenvalue weighted by atomic mass is 10.0. The minimum absolute atomic E-state index is 0.0766. The van der Waals surface area contributed by atoms with Crippen molar-refractivity contribution in [2.24, 2.45) is 0 Å². The van der Waals surface area contributed by atoms with Crippen LogP contribution in [0.15, 0.2) is 34.9 Å². The number of methoxy groups -OCH3 is 2. The van der Waals surface area contributed by atoms with Gasteiger partial charge in [-0.25, -0.2) is 0 Å².